The van der Waals surface area contributed by atoms with Gasteiger partial charge in [-0.25, -0.2) is 14.2 Å². The Bertz CT molecular complexity index is 876. The fourth-order valence-electron chi connectivity index (χ4n) is 2.09. The Kier molecular flexibility index (Phi) is 6.36. The van der Waals surface area contributed by atoms with Crippen LogP contribution in [0.3, 0.4) is 0 Å². The highest BCUT2D eigenvalue weighted by Gasteiger charge is 2.21. The van der Waals surface area contributed by atoms with E-state index in [-0.39, 0.29) is 38.4 Å². The van der Waals surface area contributed by atoms with Gasteiger partial charge in [0.05, 0.1) is 28.5 Å². The molecule has 0 aliphatic rings. The fraction of sp³-hybridized carbons (Fsp3) is 0.188. The molecule has 0 fully saturated rings. The van der Waals surface area contributed by atoms with Crippen molar-refractivity contribution in [2.24, 2.45) is 0 Å². The second-order valence-electron chi connectivity index (χ2n) is 5.01. The van der Waals surface area contributed by atoms with Gasteiger partial charge in [-0.2, -0.15) is 0 Å². The summed E-state index contributed by atoms with van der Waals surface area (Å²) in [5, 5.41) is 8.45. The fourth-order valence-corrected chi connectivity index (χ4v) is 2.51. The number of carboxylic acids is 1. The van der Waals surface area contributed by atoms with Gasteiger partial charge in [0.1, 0.15) is 18.9 Å². The molecule has 0 atom stereocenters. The predicted molar refractivity (Wildman–Crippen MR) is 93.4 cm³/mol. The Morgan fingerprint density at radius 2 is 2.00 bits per heavy atom. The molecule has 2 rings (SSSR count). The molecule has 0 aliphatic heterocycles. The van der Waals surface area contributed by atoms with E-state index in [1.54, 1.807) is 0 Å². The van der Waals surface area contributed by atoms with Gasteiger partial charge in [-0.1, -0.05) is 23.2 Å². The van der Waals surface area contributed by atoms with Crippen LogP contribution in [0.25, 0.3) is 11.3 Å². The highest BCUT2D eigenvalue weighted by Crippen LogP contribution is 2.36. The minimum atomic E-state index is -1.24. The number of nitrogens with zero attached hydrogens (tertiary/aromatic N) is 1. The Morgan fingerprint density at radius 1 is 1.31 bits per heavy atom. The van der Waals surface area contributed by atoms with Gasteiger partial charge in [0.15, 0.2) is 11.6 Å². The molecule has 0 bridgehead atoms. The molecule has 0 saturated carbocycles. The van der Waals surface area contributed by atoms with Gasteiger partial charge in [0.25, 0.3) is 0 Å². The van der Waals surface area contributed by atoms with Crippen molar-refractivity contribution in [2.45, 2.75) is 0 Å². The summed E-state index contributed by atoms with van der Waals surface area (Å²) < 4.78 is 24.2. The number of methoxy groups -OCH3 is 1. The lowest BCUT2D eigenvalue weighted by Crippen LogP contribution is -2.16. The zero-order valence-corrected chi connectivity index (χ0v) is 14.9. The van der Waals surface area contributed by atoms with Crippen LogP contribution in [-0.4, -0.2) is 42.2 Å². The number of halogens is 3. The van der Waals surface area contributed by atoms with Crippen molar-refractivity contribution >= 4 is 40.6 Å². The SMILES string of the molecule is COc1c(Cl)ccc(-c2cc(N)c(Cl)c(C(=O)COCC(=O)O)n2)c1F. The molecule has 0 spiro atoms. The summed E-state index contributed by atoms with van der Waals surface area (Å²) in [4.78, 5) is 26.7. The average molecular weight is 403 g/mol. The number of rotatable bonds is 7. The van der Waals surface area contributed by atoms with Crippen molar-refractivity contribution in [1.29, 1.82) is 0 Å². The Morgan fingerprint density at radius 3 is 2.62 bits per heavy atom. The van der Waals surface area contributed by atoms with Crippen LogP contribution in [0.1, 0.15) is 10.5 Å². The maximum atomic E-state index is 14.6. The topological polar surface area (TPSA) is 112 Å². The van der Waals surface area contributed by atoms with E-state index in [0.717, 1.165) is 0 Å². The zero-order valence-electron chi connectivity index (χ0n) is 13.4. The lowest BCUT2D eigenvalue weighted by molar-refractivity contribution is -0.141. The van der Waals surface area contributed by atoms with Crippen molar-refractivity contribution in [3.63, 3.8) is 0 Å². The standard InChI is InChI=1S/C16H13Cl2FN2O5/c1-25-16-8(17)3-2-7(14(16)19)10-4-9(20)13(18)15(21-10)11(22)5-26-6-12(23)24/h2-4H,5-6H2,1H3,(H2,20,21)(H,23,24). The van der Waals surface area contributed by atoms with Crippen molar-refractivity contribution in [1.82, 2.24) is 4.98 Å². The number of benzene rings is 1. The van der Waals surface area contributed by atoms with Gasteiger partial charge in [0.2, 0.25) is 5.78 Å². The number of ether oxygens (including phenoxy) is 2. The molecule has 26 heavy (non-hydrogen) atoms. The van der Waals surface area contributed by atoms with Crippen LogP contribution in [0, 0.1) is 5.82 Å². The van der Waals surface area contributed by atoms with Crippen molar-refractivity contribution in [3.05, 3.63) is 39.8 Å². The van der Waals surface area contributed by atoms with E-state index >= 15 is 0 Å². The third-order valence-corrected chi connectivity index (χ3v) is 3.93. The summed E-state index contributed by atoms with van der Waals surface area (Å²) in [6.45, 7) is -1.24. The number of aromatic nitrogens is 1. The molecule has 1 aromatic carbocycles. The largest absolute Gasteiger partial charge is 0.492 e. The van der Waals surface area contributed by atoms with Gasteiger partial charge >= 0.3 is 5.97 Å². The molecule has 0 radical (unpaired) electrons. The minimum absolute atomic E-state index is 0.00452. The molecule has 0 unspecified atom stereocenters. The molecule has 138 valence electrons. The van der Waals surface area contributed by atoms with Crippen LogP contribution >= 0.6 is 23.2 Å². The number of carboxylic acid groups (broad SMARTS) is 1. The molecule has 7 nitrogen and oxygen atoms in total. The first-order valence-electron chi connectivity index (χ1n) is 7.07. The molecule has 1 heterocycles. The number of nitrogens with two attached hydrogens (primary N) is 1. The molecule has 3 N–H and O–H groups in total. The van der Waals surface area contributed by atoms with Crippen LogP contribution in [0.2, 0.25) is 10.0 Å². The number of hydrogen-bond acceptors (Lipinski definition) is 6. The summed E-state index contributed by atoms with van der Waals surface area (Å²) >= 11 is 11.9. The van der Waals surface area contributed by atoms with E-state index in [2.05, 4.69) is 4.98 Å². The minimum Gasteiger partial charge on any atom is -0.492 e. The smallest absolute Gasteiger partial charge is 0.329 e. The predicted octanol–water partition coefficient (Wildman–Crippen LogP) is 3.07. The number of hydrogen-bond donors (Lipinski definition) is 2. The molecule has 2 aromatic rings. The summed E-state index contributed by atoms with van der Waals surface area (Å²) in [6, 6.07) is 4.05. The van der Waals surface area contributed by atoms with E-state index in [1.807, 2.05) is 0 Å². The van der Waals surface area contributed by atoms with Crippen LogP contribution in [0.5, 0.6) is 5.75 Å². The van der Waals surface area contributed by atoms with Crippen molar-refractivity contribution < 1.29 is 28.6 Å². The normalized spacial score (nSPS) is 10.6. The van der Waals surface area contributed by atoms with Crippen LogP contribution in [-0.2, 0) is 9.53 Å². The van der Waals surface area contributed by atoms with Gasteiger partial charge in [-0.3, -0.25) is 4.79 Å². The molecule has 0 aliphatic carbocycles. The Hall–Kier alpha value is -2.42. The summed E-state index contributed by atoms with van der Waals surface area (Å²) in [5.74, 6) is -2.90. The summed E-state index contributed by atoms with van der Waals surface area (Å²) in [6.07, 6.45) is 0. The summed E-state index contributed by atoms with van der Waals surface area (Å²) in [7, 11) is 1.26. The van der Waals surface area contributed by atoms with E-state index in [0.29, 0.717) is 0 Å². The Balaban J connectivity index is 2.45. The first-order chi connectivity index (χ1) is 12.3. The first-order valence-corrected chi connectivity index (χ1v) is 7.83. The maximum absolute atomic E-state index is 14.6. The first kappa shape index (κ1) is 19.9. The lowest BCUT2D eigenvalue weighted by Gasteiger charge is -2.12. The van der Waals surface area contributed by atoms with Gasteiger partial charge < -0.3 is 20.3 Å². The average Bonchev–Trinajstić information content (AvgIpc) is 2.57. The van der Waals surface area contributed by atoms with Crippen molar-refractivity contribution in [2.75, 3.05) is 26.1 Å². The molecular weight excluding hydrogens is 390 g/mol. The Labute approximate surface area is 157 Å². The quantitative estimate of drug-likeness (QED) is 0.684. The van der Waals surface area contributed by atoms with E-state index < -0.39 is 30.8 Å². The third-order valence-electron chi connectivity index (χ3n) is 3.24. The van der Waals surface area contributed by atoms with Crippen molar-refractivity contribution in [3.8, 4) is 17.0 Å². The maximum Gasteiger partial charge on any atom is 0.329 e. The number of carbonyl (C=O) groups excluding carboxylic acids is 1. The molecule has 1 aromatic heterocycles. The molecular formula is C16H13Cl2FN2O5. The number of carbonyl (C=O) groups is 2. The number of ketones is 1. The third kappa shape index (κ3) is 4.21. The number of Topliss-reactive ketones (excluding diaryl/α,β-unsaturated/α-hetero) is 1. The van der Waals surface area contributed by atoms with Crippen LogP contribution in [0.4, 0.5) is 10.1 Å². The number of aliphatic carboxylic acids is 1. The highest BCUT2D eigenvalue weighted by atomic mass is 35.5. The molecule has 10 heteroatoms. The lowest BCUT2D eigenvalue weighted by atomic mass is 10.1. The molecule has 0 amide bonds. The molecule has 0 saturated heterocycles. The highest BCUT2D eigenvalue weighted by molar-refractivity contribution is 6.36. The van der Waals surface area contributed by atoms with Crippen LogP contribution in [0.15, 0.2) is 18.2 Å². The van der Waals surface area contributed by atoms with Gasteiger partial charge in [-0.05, 0) is 18.2 Å². The van der Waals surface area contributed by atoms with Crippen LogP contribution < -0.4 is 10.5 Å². The number of nitrogen functional groups attached to an aromatic ring is 1. The number of anilines is 1. The second kappa shape index (κ2) is 8.31. The van der Waals surface area contributed by atoms with Gasteiger partial charge in [-0.15, -0.1) is 0 Å². The van der Waals surface area contributed by atoms with E-state index in [4.69, 9.17) is 43.5 Å². The monoisotopic (exact) mass is 402 g/mol. The van der Waals surface area contributed by atoms with Gasteiger partial charge in [0, 0.05) is 5.56 Å². The summed E-state index contributed by atoms with van der Waals surface area (Å²) in [5.41, 5.74) is 5.54. The van der Waals surface area contributed by atoms with E-state index in [1.165, 1.54) is 25.3 Å². The second-order valence-corrected chi connectivity index (χ2v) is 5.80. The number of pyridine rings is 1. The van der Waals surface area contributed by atoms with E-state index in [9.17, 15) is 14.0 Å². The zero-order chi connectivity index (χ0) is 19.4.